The van der Waals surface area contributed by atoms with Gasteiger partial charge in [-0.3, -0.25) is 0 Å². The number of hydrogen-bond acceptors (Lipinski definition) is 3. The second-order valence-corrected chi connectivity index (χ2v) is 3.80. The molecule has 0 aromatic heterocycles. The molecule has 4 nitrogen and oxygen atoms in total. The molecule has 1 aromatic carbocycles. The molecule has 0 atom stereocenters. The normalized spacial score (nSPS) is 10.7. The highest BCUT2D eigenvalue weighted by Crippen LogP contribution is 2.22. The molecule has 18 heavy (non-hydrogen) atoms. The third-order valence-corrected chi connectivity index (χ3v) is 2.75. The predicted octanol–water partition coefficient (Wildman–Crippen LogP) is 2.24. The highest BCUT2D eigenvalue weighted by Gasteiger charge is 2.15. The third-order valence-electron chi connectivity index (χ3n) is 2.75. The Balaban J connectivity index is 2.69. The Kier molecular flexibility index (Phi) is 5.58. The lowest BCUT2D eigenvalue weighted by Crippen LogP contribution is -2.28. The molecule has 0 saturated carbocycles. The Labute approximate surface area is 106 Å². The molecule has 0 bridgehead atoms. The fourth-order valence-corrected chi connectivity index (χ4v) is 1.64. The second kappa shape index (κ2) is 6.96. The van der Waals surface area contributed by atoms with E-state index in [1.165, 1.54) is 18.2 Å². The first kappa shape index (κ1) is 14.4. The van der Waals surface area contributed by atoms with Crippen LogP contribution in [0, 0.1) is 5.82 Å². The van der Waals surface area contributed by atoms with Gasteiger partial charge in [-0.15, -0.1) is 0 Å². The molecule has 1 aromatic rings. The fraction of sp³-hybridized carbons (Fsp3) is 0.462. The first-order chi connectivity index (χ1) is 8.60. The van der Waals surface area contributed by atoms with Crippen molar-refractivity contribution in [1.82, 2.24) is 4.90 Å². The molecule has 100 valence electrons. The third kappa shape index (κ3) is 3.70. The minimum atomic E-state index is -1.19. The van der Waals surface area contributed by atoms with Crippen molar-refractivity contribution in [3.8, 4) is 5.75 Å². The zero-order valence-electron chi connectivity index (χ0n) is 10.6. The van der Waals surface area contributed by atoms with Crippen LogP contribution in [0.4, 0.5) is 4.39 Å². The Morgan fingerprint density at radius 1 is 1.39 bits per heavy atom. The van der Waals surface area contributed by atoms with Crippen molar-refractivity contribution in [2.24, 2.45) is 0 Å². The van der Waals surface area contributed by atoms with Crippen LogP contribution < -0.4 is 4.74 Å². The van der Waals surface area contributed by atoms with Gasteiger partial charge in [0.2, 0.25) is 0 Å². The van der Waals surface area contributed by atoms with Crippen LogP contribution in [-0.4, -0.2) is 42.2 Å². The van der Waals surface area contributed by atoms with Crippen LogP contribution in [0.5, 0.6) is 5.75 Å². The van der Waals surface area contributed by atoms with Gasteiger partial charge in [0.05, 0.1) is 0 Å². The molecule has 0 fully saturated rings. The van der Waals surface area contributed by atoms with Crippen molar-refractivity contribution in [2.45, 2.75) is 13.8 Å². The van der Waals surface area contributed by atoms with E-state index in [4.69, 9.17) is 9.84 Å². The quantitative estimate of drug-likeness (QED) is 0.811. The minimum Gasteiger partial charge on any atom is -0.488 e. The lowest BCUT2D eigenvalue weighted by molar-refractivity contribution is 0.0690. The van der Waals surface area contributed by atoms with E-state index in [-0.39, 0.29) is 17.9 Å². The van der Waals surface area contributed by atoms with Gasteiger partial charge in [0.15, 0.2) is 11.6 Å². The fourth-order valence-electron chi connectivity index (χ4n) is 1.64. The van der Waals surface area contributed by atoms with Gasteiger partial charge in [0, 0.05) is 6.54 Å². The van der Waals surface area contributed by atoms with Gasteiger partial charge in [-0.2, -0.15) is 0 Å². The number of likely N-dealkylation sites (N-methyl/N-ethyl adjacent to an activating group) is 1. The average molecular weight is 255 g/mol. The van der Waals surface area contributed by atoms with Crippen molar-refractivity contribution in [3.05, 3.63) is 29.6 Å². The Morgan fingerprint density at radius 3 is 2.61 bits per heavy atom. The summed E-state index contributed by atoms with van der Waals surface area (Å²) in [5.41, 5.74) is -0.144. The molecule has 0 radical (unpaired) electrons. The van der Waals surface area contributed by atoms with Crippen LogP contribution in [-0.2, 0) is 0 Å². The zero-order chi connectivity index (χ0) is 13.5. The molecule has 1 rings (SSSR count). The standard InChI is InChI=1S/C13H18FNO3/c1-3-15(4-2)8-9-18-12-10(13(16)17)6-5-7-11(12)14/h5-7H,3-4,8-9H2,1-2H3,(H,16,17). The number of hydrogen-bond donors (Lipinski definition) is 1. The molecule has 0 unspecified atom stereocenters. The van der Waals surface area contributed by atoms with E-state index in [9.17, 15) is 9.18 Å². The summed E-state index contributed by atoms with van der Waals surface area (Å²) in [5, 5.41) is 8.93. The van der Waals surface area contributed by atoms with E-state index < -0.39 is 11.8 Å². The molecule has 1 N–H and O–H groups in total. The number of aromatic carboxylic acids is 1. The van der Waals surface area contributed by atoms with Gasteiger partial charge in [0.25, 0.3) is 0 Å². The van der Waals surface area contributed by atoms with Crippen molar-refractivity contribution < 1.29 is 19.0 Å². The van der Waals surface area contributed by atoms with Crippen LogP contribution in [0.2, 0.25) is 0 Å². The van der Waals surface area contributed by atoms with Crippen molar-refractivity contribution >= 4 is 5.97 Å². The Bertz CT molecular complexity index is 405. The summed E-state index contributed by atoms with van der Waals surface area (Å²) in [7, 11) is 0. The van der Waals surface area contributed by atoms with E-state index in [1.807, 2.05) is 13.8 Å². The summed E-state index contributed by atoms with van der Waals surface area (Å²) in [6.45, 7) is 6.71. The maximum atomic E-state index is 13.5. The number of para-hydroxylation sites is 1. The monoisotopic (exact) mass is 255 g/mol. The molecule has 0 aliphatic heterocycles. The molecule has 0 heterocycles. The summed E-state index contributed by atoms with van der Waals surface area (Å²) < 4.78 is 18.8. The summed E-state index contributed by atoms with van der Waals surface area (Å²) in [6.07, 6.45) is 0. The predicted molar refractivity (Wildman–Crippen MR) is 66.6 cm³/mol. The molecule has 0 aliphatic carbocycles. The molecule has 0 amide bonds. The van der Waals surface area contributed by atoms with Crippen molar-refractivity contribution in [1.29, 1.82) is 0 Å². The van der Waals surface area contributed by atoms with E-state index in [0.717, 1.165) is 13.1 Å². The van der Waals surface area contributed by atoms with Gasteiger partial charge in [-0.25, -0.2) is 9.18 Å². The summed E-state index contributed by atoms with van der Waals surface area (Å²) in [6, 6.07) is 3.88. The van der Waals surface area contributed by atoms with E-state index in [0.29, 0.717) is 6.54 Å². The lowest BCUT2D eigenvalue weighted by atomic mass is 10.2. The Morgan fingerprint density at radius 2 is 2.06 bits per heavy atom. The number of rotatable bonds is 7. The first-order valence-corrected chi connectivity index (χ1v) is 5.97. The molecule has 0 aliphatic rings. The molecule has 0 spiro atoms. The smallest absolute Gasteiger partial charge is 0.339 e. The Hall–Kier alpha value is -1.62. The number of benzene rings is 1. The number of ether oxygens (including phenoxy) is 1. The highest BCUT2D eigenvalue weighted by atomic mass is 19.1. The van der Waals surface area contributed by atoms with E-state index >= 15 is 0 Å². The van der Waals surface area contributed by atoms with Crippen molar-refractivity contribution in [3.63, 3.8) is 0 Å². The number of nitrogens with zero attached hydrogens (tertiary/aromatic N) is 1. The highest BCUT2D eigenvalue weighted by molar-refractivity contribution is 5.90. The van der Waals surface area contributed by atoms with Crippen LogP contribution >= 0.6 is 0 Å². The lowest BCUT2D eigenvalue weighted by Gasteiger charge is -2.18. The second-order valence-electron chi connectivity index (χ2n) is 3.80. The average Bonchev–Trinajstić information content (AvgIpc) is 2.36. The molecular formula is C13H18FNO3. The zero-order valence-corrected chi connectivity index (χ0v) is 10.6. The van der Waals surface area contributed by atoms with Crippen LogP contribution in [0.15, 0.2) is 18.2 Å². The number of carboxylic acids is 1. The van der Waals surface area contributed by atoms with Crippen LogP contribution in [0.25, 0.3) is 0 Å². The maximum Gasteiger partial charge on any atom is 0.339 e. The molecular weight excluding hydrogens is 237 g/mol. The summed E-state index contributed by atoms with van der Waals surface area (Å²) in [5.74, 6) is -2.01. The van der Waals surface area contributed by atoms with Gasteiger partial charge in [-0.1, -0.05) is 19.9 Å². The SMILES string of the molecule is CCN(CC)CCOc1c(F)cccc1C(=O)O. The molecule has 0 saturated heterocycles. The summed E-state index contributed by atoms with van der Waals surface area (Å²) in [4.78, 5) is 13.0. The summed E-state index contributed by atoms with van der Waals surface area (Å²) >= 11 is 0. The van der Waals surface area contributed by atoms with Crippen LogP contribution in [0.3, 0.4) is 0 Å². The molecule has 5 heteroatoms. The van der Waals surface area contributed by atoms with Gasteiger partial charge >= 0.3 is 5.97 Å². The van der Waals surface area contributed by atoms with Gasteiger partial charge < -0.3 is 14.7 Å². The van der Waals surface area contributed by atoms with Gasteiger partial charge in [-0.05, 0) is 25.2 Å². The number of carboxylic acid groups (broad SMARTS) is 1. The minimum absolute atomic E-state index is 0.144. The van der Waals surface area contributed by atoms with Gasteiger partial charge in [0.1, 0.15) is 12.2 Å². The van der Waals surface area contributed by atoms with E-state index in [1.54, 1.807) is 0 Å². The maximum absolute atomic E-state index is 13.5. The van der Waals surface area contributed by atoms with E-state index in [2.05, 4.69) is 4.90 Å². The largest absolute Gasteiger partial charge is 0.488 e. The number of carbonyl (C=O) groups is 1. The van der Waals surface area contributed by atoms with Crippen molar-refractivity contribution in [2.75, 3.05) is 26.2 Å². The number of halogens is 1. The topological polar surface area (TPSA) is 49.8 Å². The first-order valence-electron chi connectivity index (χ1n) is 5.97. The van der Waals surface area contributed by atoms with Crippen LogP contribution in [0.1, 0.15) is 24.2 Å².